The predicted molar refractivity (Wildman–Crippen MR) is 260 cm³/mol. The van der Waals surface area contributed by atoms with Gasteiger partial charge in [0.25, 0.3) is 5.91 Å². The van der Waals surface area contributed by atoms with Crippen molar-refractivity contribution in [3.63, 3.8) is 0 Å². The van der Waals surface area contributed by atoms with Gasteiger partial charge in [-0.05, 0) is 105 Å². The molecule has 1 amide bonds. The van der Waals surface area contributed by atoms with Crippen molar-refractivity contribution < 1.29 is 58.9 Å². The first kappa shape index (κ1) is 53.8. The van der Waals surface area contributed by atoms with Crippen molar-refractivity contribution in [2.75, 3.05) is 30.6 Å². The van der Waals surface area contributed by atoms with Gasteiger partial charge >= 0.3 is 18.3 Å². The molecule has 27 heteroatoms. The van der Waals surface area contributed by atoms with Crippen LogP contribution in [0.15, 0.2) is 97.8 Å². The zero-order valence-corrected chi connectivity index (χ0v) is 41.3. The number of methoxy groups -OCH3 is 2. The molecular formula is C48H43F6N13O7S. The Labute approximate surface area is 422 Å². The minimum Gasteiger partial charge on any atom is -0.480 e. The number of hydrogen-bond acceptors (Lipinski definition) is 16. The van der Waals surface area contributed by atoms with Gasteiger partial charge in [0.1, 0.15) is 11.1 Å². The van der Waals surface area contributed by atoms with Crippen LogP contribution in [0.2, 0.25) is 0 Å². The van der Waals surface area contributed by atoms with Crippen LogP contribution < -0.4 is 24.8 Å². The summed E-state index contributed by atoms with van der Waals surface area (Å²) in [6.07, 6.45) is -1.85. The van der Waals surface area contributed by atoms with Crippen molar-refractivity contribution in [3.05, 3.63) is 143 Å². The molecule has 0 aliphatic heterocycles. The first-order valence-electron chi connectivity index (χ1n) is 21.9. The van der Waals surface area contributed by atoms with Crippen molar-refractivity contribution in [2.24, 2.45) is 0 Å². The molecule has 0 saturated heterocycles. The lowest BCUT2D eigenvalue weighted by Gasteiger charge is -2.14. The number of aryl methyl sites for hydroxylation is 4. The van der Waals surface area contributed by atoms with Gasteiger partial charge in [0.15, 0.2) is 23.0 Å². The molecule has 4 N–H and O–H groups in total. The number of sulfonamides is 1. The Balaban J connectivity index is 0.000000221. The highest BCUT2D eigenvalue weighted by atomic mass is 32.2. The largest absolute Gasteiger partial charge is 0.480 e. The summed E-state index contributed by atoms with van der Waals surface area (Å²) in [5.74, 6) is -2.80. The minimum atomic E-state index is -4.70. The average Bonchev–Trinajstić information content (AvgIpc) is 4.06. The van der Waals surface area contributed by atoms with Gasteiger partial charge in [-0.1, -0.05) is 12.1 Å². The number of carboxylic acid groups (broad SMARTS) is 1. The van der Waals surface area contributed by atoms with Crippen molar-refractivity contribution in [2.45, 2.75) is 47.0 Å². The summed E-state index contributed by atoms with van der Waals surface area (Å²) >= 11 is 0. The number of nitrogens with zero attached hydrogens (tertiary/aromatic N) is 10. The van der Waals surface area contributed by atoms with Gasteiger partial charge in [-0.3, -0.25) is 4.79 Å². The number of benzene rings is 2. The van der Waals surface area contributed by atoms with Gasteiger partial charge < -0.3 is 25.2 Å². The fourth-order valence-electron chi connectivity index (χ4n) is 7.27. The Bertz CT molecular complexity index is 3530. The lowest BCUT2D eigenvalue weighted by Crippen LogP contribution is -2.32. The fraction of sp³-hybridized carbons (Fsp3) is 0.208. The second-order valence-corrected chi connectivity index (χ2v) is 18.4. The Kier molecular flexibility index (Phi) is 15.5. The summed E-state index contributed by atoms with van der Waals surface area (Å²) in [5.41, 5.74) is 3.40. The van der Waals surface area contributed by atoms with Gasteiger partial charge in [-0.15, -0.1) is 0 Å². The fourth-order valence-corrected chi connectivity index (χ4v) is 7.81. The molecule has 0 aliphatic rings. The molecule has 6 heterocycles. The van der Waals surface area contributed by atoms with Crippen molar-refractivity contribution in [1.82, 2.24) is 54.2 Å². The summed E-state index contributed by atoms with van der Waals surface area (Å²) in [4.78, 5) is 49.9. The number of alkyl halides is 6. The monoisotopic (exact) mass is 1060 g/mol. The average molecular weight is 1060 g/mol. The molecule has 0 unspecified atom stereocenters. The standard InChI is InChI=1S/C25H24F3N7O4S.C23H19F3N6O3/c1-5-40(37,38)34-22(36)18-11-16(12-29-23(18)39-4)19-13-30-24(31-17-9-14(2)8-15(3)10-17)32-21(19)35-7-6-20(33-35)25(26,27)28;1-12-6-13(2)8-15(7-12)29-22-28-11-17(14-9-16(21(33)34)20(35-3)27-10-14)19(30-22)32-5-4-18(31-32)23(24,25)26/h6-13H,5H2,1-4H3,(H,34,36)(H,30,31,32);4-11H,1-3H3,(H,33,34)(H,28,29,30). The summed E-state index contributed by atoms with van der Waals surface area (Å²) in [7, 11) is -1.39. The second kappa shape index (κ2) is 21.6. The molecule has 0 fully saturated rings. The third-order valence-corrected chi connectivity index (χ3v) is 11.8. The van der Waals surface area contributed by atoms with E-state index in [1.165, 1.54) is 58.1 Å². The highest BCUT2D eigenvalue weighted by molar-refractivity contribution is 7.90. The number of hydrogen-bond donors (Lipinski definition) is 4. The molecule has 0 saturated carbocycles. The number of halogens is 6. The van der Waals surface area contributed by atoms with Gasteiger partial charge in [-0.25, -0.2) is 47.2 Å². The Morgan fingerprint density at radius 1 is 0.613 bits per heavy atom. The van der Waals surface area contributed by atoms with Crippen LogP contribution in [0, 0.1) is 27.7 Å². The number of carboxylic acids is 1. The van der Waals surface area contributed by atoms with E-state index in [-0.39, 0.29) is 74.4 Å². The first-order valence-corrected chi connectivity index (χ1v) is 23.6. The highest BCUT2D eigenvalue weighted by Crippen LogP contribution is 2.34. The Morgan fingerprint density at radius 3 is 1.37 bits per heavy atom. The van der Waals surface area contributed by atoms with E-state index >= 15 is 0 Å². The summed E-state index contributed by atoms with van der Waals surface area (Å²) < 4.78 is 117. The molecule has 20 nitrogen and oxygen atoms in total. The van der Waals surface area contributed by atoms with Gasteiger partial charge in [0.05, 0.1) is 20.0 Å². The third-order valence-electron chi connectivity index (χ3n) is 10.5. The van der Waals surface area contributed by atoms with E-state index < -0.39 is 45.6 Å². The van der Waals surface area contributed by atoms with Gasteiger partial charge in [0, 0.05) is 70.8 Å². The minimum absolute atomic E-state index is 0.00863. The molecule has 75 heavy (non-hydrogen) atoms. The summed E-state index contributed by atoms with van der Waals surface area (Å²) in [6, 6.07) is 15.6. The number of rotatable bonds is 14. The number of carbonyl (C=O) groups excluding carboxylic acids is 1. The van der Waals surface area contributed by atoms with Crippen molar-refractivity contribution >= 4 is 45.2 Å². The van der Waals surface area contributed by atoms with Crippen LogP contribution in [0.5, 0.6) is 11.8 Å². The molecule has 2 aromatic carbocycles. The smallest absolute Gasteiger partial charge is 0.435 e. The molecule has 0 radical (unpaired) electrons. The van der Waals surface area contributed by atoms with E-state index in [1.54, 1.807) is 0 Å². The number of carbonyl (C=O) groups is 2. The number of amides is 1. The molecule has 0 atom stereocenters. The summed E-state index contributed by atoms with van der Waals surface area (Å²) in [6.45, 7) is 9.02. The van der Waals surface area contributed by atoms with Gasteiger partial charge in [-0.2, -0.15) is 46.5 Å². The molecule has 0 spiro atoms. The molecule has 8 rings (SSSR count). The van der Waals surface area contributed by atoms with Crippen LogP contribution in [0.1, 0.15) is 61.3 Å². The lowest BCUT2D eigenvalue weighted by atomic mass is 10.1. The topological polar surface area (TPSA) is 256 Å². The van der Waals surface area contributed by atoms with E-state index in [1.807, 2.05) is 68.8 Å². The van der Waals surface area contributed by atoms with Gasteiger partial charge in [0.2, 0.25) is 33.7 Å². The van der Waals surface area contributed by atoms with E-state index in [2.05, 4.69) is 50.7 Å². The third kappa shape index (κ3) is 13.0. The van der Waals surface area contributed by atoms with Crippen molar-refractivity contribution in [3.8, 4) is 45.6 Å². The first-order chi connectivity index (χ1) is 35.3. The number of ether oxygens (including phenoxy) is 2. The molecular weight excluding hydrogens is 1020 g/mol. The molecule has 390 valence electrons. The maximum atomic E-state index is 13.3. The van der Waals surface area contributed by atoms with Crippen molar-refractivity contribution in [1.29, 1.82) is 0 Å². The Morgan fingerprint density at radius 2 is 1.01 bits per heavy atom. The normalized spacial score (nSPS) is 11.6. The van der Waals surface area contributed by atoms with E-state index in [0.717, 1.165) is 56.1 Å². The maximum Gasteiger partial charge on any atom is 0.435 e. The van der Waals surface area contributed by atoms with Crippen LogP contribution >= 0.6 is 0 Å². The number of pyridine rings is 2. The van der Waals surface area contributed by atoms with Crippen LogP contribution in [-0.4, -0.2) is 94.8 Å². The second-order valence-electron chi connectivity index (χ2n) is 16.4. The molecule has 6 aromatic heterocycles. The number of nitrogens with one attached hydrogen (secondary N) is 3. The van der Waals surface area contributed by atoms with E-state index in [0.29, 0.717) is 11.4 Å². The van der Waals surface area contributed by atoms with E-state index in [4.69, 9.17) is 9.47 Å². The predicted octanol–water partition coefficient (Wildman–Crippen LogP) is 9.00. The zero-order chi connectivity index (χ0) is 54.6. The summed E-state index contributed by atoms with van der Waals surface area (Å²) in [5, 5.41) is 22.8. The van der Waals surface area contributed by atoms with Crippen LogP contribution in [0.3, 0.4) is 0 Å². The van der Waals surface area contributed by atoms with Crippen LogP contribution in [0.4, 0.5) is 49.6 Å². The number of aromatic carboxylic acids is 1. The zero-order valence-electron chi connectivity index (χ0n) is 40.5. The highest BCUT2D eigenvalue weighted by Gasteiger charge is 2.35. The molecule has 0 aliphatic carbocycles. The van der Waals surface area contributed by atoms with E-state index in [9.17, 15) is 49.5 Å². The molecule has 0 bridgehead atoms. The van der Waals surface area contributed by atoms with Crippen LogP contribution in [-0.2, 0) is 22.4 Å². The lowest BCUT2D eigenvalue weighted by molar-refractivity contribution is -0.142. The van der Waals surface area contributed by atoms with Crippen LogP contribution in [0.25, 0.3) is 33.9 Å². The molecule has 8 aromatic rings. The SMILES string of the molecule is CCS(=O)(=O)NC(=O)c1cc(-c2cnc(Nc3cc(C)cc(C)c3)nc2-n2ccc(C(F)(F)F)n2)cnc1OC.COc1ncc(-c2cnc(Nc3cc(C)cc(C)c3)nc2-n2ccc(C(F)(F)F)n2)cc1C(=O)O. The number of anilines is 4. The quantitative estimate of drug-likeness (QED) is 0.0741. The maximum absolute atomic E-state index is 13.3. The number of aromatic nitrogens is 10. The Hall–Kier alpha value is -9.01.